The molecule has 2 saturated carbocycles. The van der Waals surface area contributed by atoms with Crippen molar-refractivity contribution in [2.24, 2.45) is 5.41 Å². The number of aliphatic hydroxyl groups excluding tert-OH is 2. The normalized spacial score (nSPS) is 33.5. The molecule has 0 bridgehead atoms. The monoisotopic (exact) mass is 241 g/mol. The number of rotatable bonds is 4. The summed E-state index contributed by atoms with van der Waals surface area (Å²) in [6.07, 6.45) is 10.3. The van der Waals surface area contributed by atoms with Gasteiger partial charge in [-0.05, 0) is 25.7 Å². The molecule has 2 atom stereocenters. The average Bonchev–Trinajstić information content (AvgIpc) is 2.39. The SMILES string of the molecule is OCC1(CN[C@H]2CCCC[C@@H]2O)CCCCC1. The van der Waals surface area contributed by atoms with Gasteiger partial charge in [-0.2, -0.15) is 0 Å². The molecule has 2 aliphatic rings. The Balaban J connectivity index is 1.82. The zero-order valence-electron chi connectivity index (χ0n) is 10.8. The maximum atomic E-state index is 9.93. The van der Waals surface area contributed by atoms with Crippen LogP contribution in [0.4, 0.5) is 0 Å². The second-order valence-electron chi connectivity index (χ2n) is 6.06. The zero-order chi connectivity index (χ0) is 12.1. The third-order valence-electron chi connectivity index (χ3n) is 4.72. The number of hydrogen-bond acceptors (Lipinski definition) is 3. The van der Waals surface area contributed by atoms with Crippen LogP contribution in [0, 0.1) is 5.41 Å². The van der Waals surface area contributed by atoms with Crippen molar-refractivity contribution in [3.8, 4) is 0 Å². The number of aliphatic hydroxyl groups is 2. The molecule has 17 heavy (non-hydrogen) atoms. The fraction of sp³-hybridized carbons (Fsp3) is 1.00. The summed E-state index contributed by atoms with van der Waals surface area (Å²) in [6, 6.07) is 0.258. The predicted octanol–water partition coefficient (Wildman–Crippen LogP) is 1.82. The first-order chi connectivity index (χ1) is 8.26. The first-order valence-electron chi connectivity index (χ1n) is 7.28. The molecule has 2 rings (SSSR count). The molecule has 0 aromatic rings. The van der Waals surface area contributed by atoms with Crippen LogP contribution in [0.25, 0.3) is 0 Å². The first-order valence-corrected chi connectivity index (χ1v) is 7.28. The van der Waals surface area contributed by atoms with E-state index in [4.69, 9.17) is 0 Å². The molecule has 3 N–H and O–H groups in total. The highest BCUT2D eigenvalue weighted by molar-refractivity contribution is 4.88. The van der Waals surface area contributed by atoms with E-state index >= 15 is 0 Å². The topological polar surface area (TPSA) is 52.5 Å². The Morgan fingerprint density at radius 3 is 2.35 bits per heavy atom. The molecule has 2 fully saturated rings. The van der Waals surface area contributed by atoms with Gasteiger partial charge in [-0.15, -0.1) is 0 Å². The average molecular weight is 241 g/mol. The van der Waals surface area contributed by atoms with Crippen LogP contribution in [0.15, 0.2) is 0 Å². The molecule has 0 heterocycles. The summed E-state index contributed by atoms with van der Waals surface area (Å²) in [5.74, 6) is 0. The summed E-state index contributed by atoms with van der Waals surface area (Å²) < 4.78 is 0. The van der Waals surface area contributed by atoms with Crippen molar-refractivity contribution >= 4 is 0 Å². The quantitative estimate of drug-likeness (QED) is 0.704. The van der Waals surface area contributed by atoms with E-state index in [1.54, 1.807) is 0 Å². The molecular weight excluding hydrogens is 214 g/mol. The predicted molar refractivity (Wildman–Crippen MR) is 68.9 cm³/mol. The Hall–Kier alpha value is -0.120. The molecule has 0 amide bonds. The van der Waals surface area contributed by atoms with E-state index in [9.17, 15) is 10.2 Å². The summed E-state index contributed by atoms with van der Waals surface area (Å²) >= 11 is 0. The van der Waals surface area contributed by atoms with Crippen molar-refractivity contribution in [3.05, 3.63) is 0 Å². The Bertz CT molecular complexity index is 226. The Morgan fingerprint density at radius 2 is 1.71 bits per heavy atom. The third kappa shape index (κ3) is 3.43. The van der Waals surface area contributed by atoms with Gasteiger partial charge in [0.15, 0.2) is 0 Å². The van der Waals surface area contributed by atoms with Gasteiger partial charge in [-0.3, -0.25) is 0 Å². The minimum atomic E-state index is -0.178. The smallest absolute Gasteiger partial charge is 0.0693 e. The molecule has 0 radical (unpaired) electrons. The lowest BCUT2D eigenvalue weighted by atomic mass is 9.74. The maximum Gasteiger partial charge on any atom is 0.0693 e. The third-order valence-corrected chi connectivity index (χ3v) is 4.72. The van der Waals surface area contributed by atoms with Crippen molar-refractivity contribution < 1.29 is 10.2 Å². The van der Waals surface area contributed by atoms with Crippen LogP contribution < -0.4 is 5.32 Å². The van der Waals surface area contributed by atoms with Gasteiger partial charge in [-0.1, -0.05) is 32.1 Å². The molecule has 0 unspecified atom stereocenters. The lowest BCUT2D eigenvalue weighted by Crippen LogP contribution is -2.48. The molecule has 2 aliphatic carbocycles. The Kier molecular flexibility index (Phi) is 4.83. The molecule has 0 aromatic heterocycles. The van der Waals surface area contributed by atoms with Crippen LogP contribution in [0.1, 0.15) is 57.8 Å². The van der Waals surface area contributed by atoms with Crippen LogP contribution in [0.2, 0.25) is 0 Å². The van der Waals surface area contributed by atoms with Gasteiger partial charge < -0.3 is 15.5 Å². The van der Waals surface area contributed by atoms with Crippen LogP contribution in [0.3, 0.4) is 0 Å². The minimum Gasteiger partial charge on any atom is -0.396 e. The molecule has 3 heteroatoms. The van der Waals surface area contributed by atoms with E-state index in [0.717, 1.165) is 38.6 Å². The van der Waals surface area contributed by atoms with Crippen molar-refractivity contribution in [2.75, 3.05) is 13.2 Å². The molecule has 0 spiro atoms. The van der Waals surface area contributed by atoms with Gasteiger partial charge in [0.1, 0.15) is 0 Å². The van der Waals surface area contributed by atoms with E-state index in [0.29, 0.717) is 6.61 Å². The lowest BCUT2D eigenvalue weighted by Gasteiger charge is -2.38. The molecule has 0 saturated heterocycles. The van der Waals surface area contributed by atoms with Crippen LogP contribution in [0.5, 0.6) is 0 Å². The van der Waals surface area contributed by atoms with Gasteiger partial charge in [0, 0.05) is 24.6 Å². The summed E-state index contributed by atoms with van der Waals surface area (Å²) in [6.45, 7) is 1.17. The summed E-state index contributed by atoms with van der Waals surface area (Å²) in [5, 5.41) is 23.1. The van der Waals surface area contributed by atoms with Gasteiger partial charge in [0.25, 0.3) is 0 Å². The summed E-state index contributed by atoms with van der Waals surface area (Å²) in [4.78, 5) is 0. The standard InChI is InChI=1S/C14H27NO2/c16-11-14(8-4-1-5-9-14)10-15-12-6-2-3-7-13(12)17/h12-13,15-17H,1-11H2/t12-,13-/m0/s1. The highest BCUT2D eigenvalue weighted by Crippen LogP contribution is 2.35. The minimum absolute atomic E-state index is 0.0927. The summed E-state index contributed by atoms with van der Waals surface area (Å²) in [7, 11) is 0. The van der Waals surface area contributed by atoms with Gasteiger partial charge in [0.05, 0.1) is 6.10 Å². The van der Waals surface area contributed by atoms with Crippen LogP contribution in [-0.2, 0) is 0 Å². The van der Waals surface area contributed by atoms with Gasteiger partial charge in [0.2, 0.25) is 0 Å². The molecule has 0 aromatic carbocycles. The van der Waals surface area contributed by atoms with E-state index < -0.39 is 0 Å². The molecule has 3 nitrogen and oxygen atoms in total. The fourth-order valence-corrected chi connectivity index (χ4v) is 3.39. The van der Waals surface area contributed by atoms with E-state index in [-0.39, 0.29) is 17.6 Å². The second-order valence-corrected chi connectivity index (χ2v) is 6.06. The van der Waals surface area contributed by atoms with Gasteiger partial charge in [-0.25, -0.2) is 0 Å². The van der Waals surface area contributed by atoms with Crippen molar-refractivity contribution in [2.45, 2.75) is 69.9 Å². The van der Waals surface area contributed by atoms with Crippen LogP contribution >= 0.6 is 0 Å². The van der Waals surface area contributed by atoms with E-state index in [1.165, 1.54) is 25.7 Å². The highest BCUT2D eigenvalue weighted by Gasteiger charge is 2.33. The molecule has 0 aliphatic heterocycles. The maximum absolute atomic E-state index is 9.93. The van der Waals surface area contributed by atoms with E-state index in [1.807, 2.05) is 0 Å². The fourth-order valence-electron chi connectivity index (χ4n) is 3.39. The number of hydrogen-bond donors (Lipinski definition) is 3. The lowest BCUT2D eigenvalue weighted by molar-refractivity contribution is 0.0519. The van der Waals surface area contributed by atoms with Crippen LogP contribution in [-0.4, -0.2) is 35.5 Å². The van der Waals surface area contributed by atoms with Crippen molar-refractivity contribution in [1.29, 1.82) is 0 Å². The summed E-state index contributed by atoms with van der Waals surface area (Å²) in [5.41, 5.74) is 0.0927. The molecule has 100 valence electrons. The molecular formula is C14H27NO2. The van der Waals surface area contributed by atoms with Gasteiger partial charge >= 0.3 is 0 Å². The zero-order valence-corrected chi connectivity index (χ0v) is 10.8. The number of nitrogens with one attached hydrogen (secondary N) is 1. The first kappa shape index (κ1) is 13.3. The van der Waals surface area contributed by atoms with Crippen molar-refractivity contribution in [3.63, 3.8) is 0 Å². The largest absolute Gasteiger partial charge is 0.396 e. The second kappa shape index (κ2) is 6.17. The Morgan fingerprint density at radius 1 is 1.00 bits per heavy atom. The van der Waals surface area contributed by atoms with E-state index in [2.05, 4.69) is 5.32 Å². The highest BCUT2D eigenvalue weighted by atomic mass is 16.3. The Labute approximate surface area is 105 Å². The van der Waals surface area contributed by atoms with Crippen molar-refractivity contribution in [1.82, 2.24) is 5.32 Å².